The van der Waals surface area contributed by atoms with Gasteiger partial charge in [-0.05, 0) is 39.3 Å². The molecular weight excluding hydrogens is 167 g/mol. The molecule has 0 aliphatic carbocycles. The van der Waals surface area contributed by atoms with Gasteiger partial charge in [0.15, 0.2) is 0 Å². The lowest BCUT2D eigenvalue weighted by Crippen LogP contribution is -2.10. The van der Waals surface area contributed by atoms with Crippen molar-refractivity contribution < 1.29 is 5.11 Å². The van der Waals surface area contributed by atoms with E-state index in [2.05, 4.69) is 20.8 Å². The summed E-state index contributed by atoms with van der Waals surface area (Å²) in [7, 11) is 0.446. The van der Waals surface area contributed by atoms with Gasteiger partial charge in [-0.15, -0.1) is 7.92 Å². The lowest BCUT2D eigenvalue weighted by Gasteiger charge is -2.07. The van der Waals surface area contributed by atoms with Crippen molar-refractivity contribution >= 4 is 7.92 Å². The van der Waals surface area contributed by atoms with Gasteiger partial charge in [-0.2, -0.15) is 0 Å². The van der Waals surface area contributed by atoms with Gasteiger partial charge in [-0.3, -0.25) is 0 Å². The largest absolute Gasteiger partial charge is 0.391 e. The topological polar surface area (TPSA) is 20.2 Å². The zero-order valence-electron chi connectivity index (χ0n) is 9.52. The minimum absolute atomic E-state index is 0.446. The van der Waals surface area contributed by atoms with Gasteiger partial charge >= 0.3 is 0 Å². The summed E-state index contributed by atoms with van der Waals surface area (Å²) in [6.45, 7) is 12.1. The van der Waals surface area contributed by atoms with E-state index in [4.69, 9.17) is 5.11 Å². The van der Waals surface area contributed by atoms with Crippen molar-refractivity contribution in [2.24, 2.45) is 0 Å². The van der Waals surface area contributed by atoms with E-state index in [-0.39, 0.29) is 0 Å². The fraction of sp³-hybridized carbons (Fsp3) is 1.00. The summed E-state index contributed by atoms with van der Waals surface area (Å²) >= 11 is 0. The molecule has 1 N–H and O–H groups in total. The molecule has 0 spiro atoms. The standard InChI is InChI=1S/C6H15P.C4H10O/c1-4-7(5-2)6-3;1-4(2,3)5/h4-6H2,1-3H3;5H,1-3H3. The summed E-state index contributed by atoms with van der Waals surface area (Å²) < 4.78 is 0. The Labute approximate surface area is 79.3 Å². The minimum atomic E-state index is -0.500. The summed E-state index contributed by atoms with van der Waals surface area (Å²) in [6, 6.07) is 0. The molecule has 0 rings (SSSR count). The van der Waals surface area contributed by atoms with Crippen LogP contribution in [-0.2, 0) is 0 Å². The van der Waals surface area contributed by atoms with E-state index in [9.17, 15) is 0 Å². The zero-order chi connectivity index (χ0) is 10.2. The number of rotatable bonds is 3. The molecule has 0 aliphatic heterocycles. The van der Waals surface area contributed by atoms with Crippen LogP contribution in [0.15, 0.2) is 0 Å². The average Bonchev–Trinajstić information content (AvgIpc) is 1.88. The Morgan fingerprint density at radius 2 is 1.08 bits per heavy atom. The second-order valence-electron chi connectivity index (χ2n) is 3.79. The third kappa shape index (κ3) is 22.4. The number of hydrogen-bond acceptors (Lipinski definition) is 1. The maximum Gasteiger partial charge on any atom is 0.0563 e. The molecule has 0 heterocycles. The van der Waals surface area contributed by atoms with Crippen molar-refractivity contribution in [2.45, 2.75) is 47.1 Å². The van der Waals surface area contributed by atoms with Gasteiger partial charge in [-0.25, -0.2) is 0 Å². The van der Waals surface area contributed by atoms with Gasteiger partial charge in [-0.1, -0.05) is 20.8 Å². The Kier molecular flexibility index (Phi) is 9.94. The first kappa shape index (κ1) is 14.9. The van der Waals surface area contributed by atoms with E-state index in [1.807, 2.05) is 0 Å². The number of aliphatic hydroxyl groups is 1. The highest BCUT2D eigenvalue weighted by Gasteiger charge is 1.97. The van der Waals surface area contributed by atoms with E-state index in [0.717, 1.165) is 0 Å². The maximum absolute atomic E-state index is 8.52. The predicted octanol–water partition coefficient (Wildman–Crippen LogP) is 3.31. The van der Waals surface area contributed by atoms with Crippen LogP contribution in [0, 0.1) is 0 Å². The molecule has 12 heavy (non-hydrogen) atoms. The lowest BCUT2D eigenvalue weighted by atomic mass is 10.2. The van der Waals surface area contributed by atoms with Crippen LogP contribution in [0.4, 0.5) is 0 Å². The van der Waals surface area contributed by atoms with E-state index in [1.165, 1.54) is 18.5 Å². The Bertz CT molecular complexity index is 70.8. The third-order valence-corrected chi connectivity index (χ3v) is 4.02. The summed E-state index contributed by atoms with van der Waals surface area (Å²) in [5.41, 5.74) is -0.500. The minimum Gasteiger partial charge on any atom is -0.391 e. The lowest BCUT2D eigenvalue weighted by molar-refractivity contribution is 0.102. The first-order valence-electron chi connectivity index (χ1n) is 4.79. The van der Waals surface area contributed by atoms with Crippen LogP contribution < -0.4 is 0 Å². The van der Waals surface area contributed by atoms with Crippen LogP contribution in [0.2, 0.25) is 0 Å². The van der Waals surface area contributed by atoms with E-state index >= 15 is 0 Å². The quantitative estimate of drug-likeness (QED) is 0.680. The SMILES string of the molecule is CC(C)(C)O.CCP(CC)CC. The molecule has 0 aliphatic rings. The summed E-state index contributed by atoms with van der Waals surface area (Å²) in [5, 5.41) is 8.52. The first-order valence-corrected chi connectivity index (χ1v) is 6.69. The van der Waals surface area contributed by atoms with Gasteiger partial charge in [0.1, 0.15) is 0 Å². The Balaban J connectivity index is 0. The van der Waals surface area contributed by atoms with Gasteiger partial charge < -0.3 is 5.11 Å². The highest BCUT2D eigenvalue weighted by atomic mass is 31.1. The molecule has 0 aromatic heterocycles. The van der Waals surface area contributed by atoms with Crippen LogP contribution in [0.5, 0.6) is 0 Å². The molecule has 0 fully saturated rings. The fourth-order valence-corrected chi connectivity index (χ4v) is 2.01. The van der Waals surface area contributed by atoms with E-state index in [1.54, 1.807) is 20.8 Å². The summed E-state index contributed by atoms with van der Waals surface area (Å²) in [4.78, 5) is 0. The third-order valence-electron chi connectivity index (χ3n) is 1.34. The molecule has 0 aromatic carbocycles. The van der Waals surface area contributed by atoms with Crippen molar-refractivity contribution in [3.8, 4) is 0 Å². The monoisotopic (exact) mass is 192 g/mol. The normalized spacial score (nSPS) is 11.0. The van der Waals surface area contributed by atoms with Crippen molar-refractivity contribution in [3.05, 3.63) is 0 Å². The van der Waals surface area contributed by atoms with Crippen LogP contribution in [0.3, 0.4) is 0 Å². The molecule has 0 aromatic rings. The highest BCUT2D eigenvalue weighted by Crippen LogP contribution is 2.32. The second-order valence-corrected chi connectivity index (χ2v) is 7.03. The van der Waals surface area contributed by atoms with Crippen LogP contribution in [-0.4, -0.2) is 29.2 Å². The van der Waals surface area contributed by atoms with Gasteiger partial charge in [0.2, 0.25) is 0 Å². The zero-order valence-corrected chi connectivity index (χ0v) is 10.4. The summed E-state index contributed by atoms with van der Waals surface area (Å²) in [5.74, 6) is 0. The van der Waals surface area contributed by atoms with E-state index < -0.39 is 5.60 Å². The molecule has 2 heteroatoms. The summed E-state index contributed by atoms with van der Waals surface area (Å²) in [6.07, 6.45) is 4.26. The predicted molar refractivity (Wildman–Crippen MR) is 60.5 cm³/mol. The fourth-order valence-electron chi connectivity index (χ4n) is 0.671. The van der Waals surface area contributed by atoms with Crippen LogP contribution in [0.25, 0.3) is 0 Å². The van der Waals surface area contributed by atoms with Crippen molar-refractivity contribution in [2.75, 3.05) is 18.5 Å². The number of hydrogen-bond donors (Lipinski definition) is 1. The average molecular weight is 192 g/mol. The molecule has 0 unspecified atom stereocenters. The first-order chi connectivity index (χ1) is 5.35. The smallest absolute Gasteiger partial charge is 0.0563 e. The van der Waals surface area contributed by atoms with E-state index in [0.29, 0.717) is 7.92 Å². The van der Waals surface area contributed by atoms with Crippen molar-refractivity contribution in [1.82, 2.24) is 0 Å². The molecule has 0 amide bonds. The Morgan fingerprint density at radius 3 is 1.08 bits per heavy atom. The molecule has 76 valence electrons. The molecule has 0 saturated heterocycles. The molecule has 0 atom stereocenters. The maximum atomic E-state index is 8.52. The molecule has 0 saturated carbocycles. The second kappa shape index (κ2) is 8.01. The van der Waals surface area contributed by atoms with Gasteiger partial charge in [0.05, 0.1) is 5.60 Å². The van der Waals surface area contributed by atoms with Crippen molar-refractivity contribution in [1.29, 1.82) is 0 Å². The molecular formula is C10H25OP. The van der Waals surface area contributed by atoms with Gasteiger partial charge in [0.25, 0.3) is 0 Å². The highest BCUT2D eigenvalue weighted by molar-refractivity contribution is 7.57. The molecule has 0 bridgehead atoms. The van der Waals surface area contributed by atoms with Crippen molar-refractivity contribution in [3.63, 3.8) is 0 Å². The molecule has 0 radical (unpaired) electrons. The Hall–Kier alpha value is 0.390. The molecule has 1 nitrogen and oxygen atoms in total. The van der Waals surface area contributed by atoms with Crippen LogP contribution >= 0.6 is 7.92 Å². The van der Waals surface area contributed by atoms with Gasteiger partial charge in [0, 0.05) is 0 Å². The Morgan fingerprint density at radius 1 is 0.917 bits per heavy atom. The van der Waals surface area contributed by atoms with Crippen LogP contribution in [0.1, 0.15) is 41.5 Å².